The van der Waals surface area contributed by atoms with Crippen molar-refractivity contribution in [3.8, 4) is 0 Å². The Morgan fingerprint density at radius 3 is 0.473 bits per heavy atom. The maximum Gasteiger partial charge on any atom is 0.319 e. The van der Waals surface area contributed by atoms with Crippen LogP contribution in [0.5, 0.6) is 0 Å². The van der Waals surface area contributed by atoms with Crippen LogP contribution in [0.25, 0.3) is 0 Å². The number of benzene rings is 10. The lowest BCUT2D eigenvalue weighted by molar-refractivity contribution is -0.133. The molecule has 4 aliphatic rings. The van der Waals surface area contributed by atoms with Crippen LogP contribution in [0.2, 0.25) is 0 Å². The van der Waals surface area contributed by atoms with Gasteiger partial charge in [0.2, 0.25) is 23.1 Å². The quantitative estimate of drug-likeness (QED) is 0.0169. The van der Waals surface area contributed by atoms with Gasteiger partial charge in [-0.2, -0.15) is 20.0 Å². The third-order valence-corrected chi connectivity index (χ3v) is 19.1. The van der Waals surface area contributed by atoms with Crippen molar-refractivity contribution < 1.29 is 38.4 Å². The number of anilines is 10. The van der Waals surface area contributed by atoms with Gasteiger partial charge in [0, 0.05) is 81.2 Å². The number of carbonyl (C=O) groups excluding carboxylic acids is 8. The highest BCUT2D eigenvalue weighted by Gasteiger charge is 2.27. The molecule has 0 radical (unpaired) electrons. The fourth-order valence-electron chi connectivity index (χ4n) is 12.7. The predicted molar refractivity (Wildman–Crippen MR) is 441 cm³/mol. The zero-order chi connectivity index (χ0) is 77.5. The van der Waals surface area contributed by atoms with Gasteiger partial charge >= 0.3 is 23.6 Å². The maximum absolute atomic E-state index is 12.7. The molecule has 10 aromatic carbocycles. The number of aryl methyl sites for hydroxylation is 10. The van der Waals surface area contributed by atoms with Crippen LogP contribution in [0.15, 0.2) is 310 Å². The third kappa shape index (κ3) is 19.9. The van der Waals surface area contributed by atoms with E-state index >= 15 is 0 Å². The maximum atomic E-state index is 12.7. The molecule has 0 atom stereocenters. The van der Waals surface area contributed by atoms with Gasteiger partial charge in [-0.3, -0.25) is 38.4 Å². The number of dihydropyridines is 4. The van der Waals surface area contributed by atoms with E-state index in [4.69, 9.17) is 11.5 Å². The van der Waals surface area contributed by atoms with Crippen LogP contribution in [-0.2, 0) is 103 Å². The van der Waals surface area contributed by atoms with Gasteiger partial charge in [-0.25, -0.2) is 0 Å². The molecular weight excluding hydrogens is 1410 g/mol. The summed E-state index contributed by atoms with van der Waals surface area (Å²) in [5.74, 6) is -5.53. The van der Waals surface area contributed by atoms with E-state index in [2.05, 4.69) is 62.5 Å². The zero-order valence-corrected chi connectivity index (χ0v) is 60.7. The van der Waals surface area contributed by atoms with Crippen LogP contribution >= 0.6 is 0 Å². The van der Waals surface area contributed by atoms with Gasteiger partial charge in [0.1, 0.15) is 0 Å². The molecule has 12 N–H and O–H groups in total. The highest BCUT2D eigenvalue weighted by atomic mass is 16.2. The van der Waals surface area contributed by atoms with Crippen LogP contribution in [0.1, 0.15) is 55.6 Å². The van der Waals surface area contributed by atoms with Crippen molar-refractivity contribution in [1.29, 1.82) is 0 Å². The first-order valence-corrected chi connectivity index (χ1v) is 36.6. The predicted octanol–water partition coefficient (Wildman–Crippen LogP) is 13.4. The second kappa shape index (κ2) is 34.4. The minimum atomic E-state index is -0.883. The molecule has 112 heavy (non-hydrogen) atoms. The Morgan fingerprint density at radius 2 is 0.321 bits per heavy atom. The van der Waals surface area contributed by atoms with Gasteiger partial charge in [0.05, 0.1) is 22.8 Å². The molecule has 0 aliphatic carbocycles. The second-order valence-electron chi connectivity index (χ2n) is 27.3. The summed E-state index contributed by atoms with van der Waals surface area (Å²) in [7, 11) is 0. The Labute approximate surface area is 645 Å². The van der Waals surface area contributed by atoms with E-state index in [-0.39, 0.29) is 23.3 Å². The fourth-order valence-corrected chi connectivity index (χ4v) is 12.7. The Balaban J connectivity index is 0.507. The monoisotopic (exact) mass is 1480 g/mol. The molecular formula is C90H76N14O8. The smallest absolute Gasteiger partial charge is 0.319 e. The van der Waals surface area contributed by atoms with Crippen molar-refractivity contribution in [2.45, 2.75) is 64.2 Å². The molecule has 10 aromatic rings. The lowest BCUT2D eigenvalue weighted by atomic mass is 10.0. The van der Waals surface area contributed by atoms with Crippen LogP contribution in [0.3, 0.4) is 0 Å². The summed E-state index contributed by atoms with van der Waals surface area (Å²) in [5.41, 5.74) is 31.2. The van der Waals surface area contributed by atoms with E-state index in [0.717, 1.165) is 113 Å². The molecule has 4 amide bonds. The number of nitrogens with one attached hydrogen (secondary N) is 8. The Morgan fingerprint density at radius 1 is 0.188 bits per heavy atom. The first kappa shape index (κ1) is 74.1. The molecule has 4 heterocycles. The number of nitrogens with zero attached hydrogens (tertiary/aromatic N) is 4. The molecule has 0 fully saturated rings. The summed E-state index contributed by atoms with van der Waals surface area (Å²) < 4.78 is 0. The van der Waals surface area contributed by atoms with E-state index in [1.807, 2.05) is 243 Å². The van der Waals surface area contributed by atoms with Crippen molar-refractivity contribution in [3.63, 3.8) is 0 Å². The SMILES string of the molecule is Nc1ccc(CCc2ccc(NC3=CC(=O)C(=O)N=C3Nc3ccc(CCc4ccc(NC5=CC(=O)C(=O)N=C5Nc5ccc(CCc6ccc(NC7=CC(=O)C(=O)N=C7Nc7ccc(CCc8ccc(NC9=CC(=O)C(=O)N=C9Nc9ccc(CCc%10ccc(N)cc%10)cc9)cc8)cc7)cc6)cc5)cc4)cc3)cc2)cc1. The molecule has 22 nitrogen and oxygen atoms in total. The number of rotatable bonds is 27. The lowest BCUT2D eigenvalue weighted by Crippen LogP contribution is -2.29. The van der Waals surface area contributed by atoms with Crippen molar-refractivity contribution in [2.75, 3.05) is 54.0 Å². The van der Waals surface area contributed by atoms with E-state index in [0.29, 0.717) is 75.4 Å². The molecule has 0 unspecified atom stereocenters. The topological polar surface area (TPSA) is 334 Å². The van der Waals surface area contributed by atoms with Crippen LogP contribution in [-0.4, -0.2) is 70.1 Å². The molecule has 22 heteroatoms. The summed E-state index contributed by atoms with van der Waals surface area (Å²) in [5, 5.41) is 25.9. The summed E-state index contributed by atoms with van der Waals surface area (Å²) in [4.78, 5) is 117. The van der Waals surface area contributed by atoms with E-state index < -0.39 is 46.8 Å². The molecule has 0 aromatic heterocycles. The van der Waals surface area contributed by atoms with Gasteiger partial charge in [0.15, 0.2) is 23.3 Å². The summed E-state index contributed by atoms with van der Waals surface area (Å²) in [6.45, 7) is 0. The van der Waals surface area contributed by atoms with Crippen molar-refractivity contribution in [1.82, 2.24) is 0 Å². The normalized spacial score (nSPS) is 14.2. The van der Waals surface area contributed by atoms with Crippen molar-refractivity contribution >= 4 is 127 Å². The Hall–Kier alpha value is -14.8. The number of aliphatic imine (C=N–C) groups is 4. The first-order valence-electron chi connectivity index (χ1n) is 36.6. The zero-order valence-electron chi connectivity index (χ0n) is 60.7. The van der Waals surface area contributed by atoms with Gasteiger partial charge in [0.25, 0.3) is 0 Å². The first-order chi connectivity index (χ1) is 54.4. The average Bonchev–Trinajstić information content (AvgIpc) is 0.833. The second-order valence-corrected chi connectivity index (χ2v) is 27.3. The Kier molecular flexibility index (Phi) is 22.8. The number of ketones is 4. The standard InChI is InChI=1S/C90H76N14O8/c91-65-31-11-55(12-32-65)1-3-57-15-35-67(36-16-57)93-75-51-79(105)88(110)102-84(75)98-72-45-25-62(26-46-72)8-6-59-19-39-69(40-20-59)95-77-53-81(107)90(112)104-86(77)100-74-49-29-64(30-50-74)10-7-60-21-41-70(42-22-60)96-78-54-82(108)89(111)103-85(78)99-73-47-27-63(28-48-73)9-5-58-17-37-68(38-18-58)94-76-52-80(106)87(109)101-83(76)97-71-43-23-61(24-44-71)4-2-56-13-33-66(92)34-14-56/h11-54,93-96H,1-10,91-92H2,(H,97,101,109)(H,98,102,110)(H,99,103,111)(H,100,104,112). The highest BCUT2D eigenvalue weighted by Crippen LogP contribution is 2.27. The highest BCUT2D eigenvalue weighted by molar-refractivity contribution is 6.48. The van der Waals surface area contributed by atoms with Crippen LogP contribution in [0.4, 0.5) is 56.9 Å². The van der Waals surface area contributed by atoms with E-state index in [1.165, 1.54) is 35.4 Å². The minimum Gasteiger partial charge on any atom is -0.399 e. The van der Waals surface area contributed by atoms with Crippen molar-refractivity contribution in [3.05, 3.63) is 345 Å². The number of amides is 4. The number of nitrogens with two attached hydrogens (primary N) is 2. The van der Waals surface area contributed by atoms with Gasteiger partial charge in [-0.15, -0.1) is 0 Å². The van der Waals surface area contributed by atoms with Gasteiger partial charge in [-0.1, -0.05) is 121 Å². The number of carbonyl (C=O) groups is 8. The van der Waals surface area contributed by atoms with Gasteiger partial charge < -0.3 is 54.0 Å². The van der Waals surface area contributed by atoms with Crippen LogP contribution in [0, 0.1) is 0 Å². The van der Waals surface area contributed by atoms with E-state index in [9.17, 15) is 38.4 Å². The largest absolute Gasteiger partial charge is 0.399 e. The molecule has 14 rings (SSSR count). The molecule has 554 valence electrons. The molecule has 0 spiro atoms. The number of hydrogen-bond acceptors (Lipinski definition) is 18. The number of amidine groups is 4. The minimum absolute atomic E-state index is 0.198. The third-order valence-electron chi connectivity index (χ3n) is 19.1. The van der Waals surface area contributed by atoms with Gasteiger partial charge in [-0.05, 0) is 241 Å². The molecule has 0 saturated heterocycles. The number of nitrogen functional groups attached to an aromatic ring is 2. The number of hydrogen-bond donors (Lipinski definition) is 10. The summed E-state index contributed by atoms with van der Waals surface area (Å²) in [6.07, 6.45) is 12.8. The summed E-state index contributed by atoms with van der Waals surface area (Å²) in [6, 6.07) is 78.1. The van der Waals surface area contributed by atoms with Crippen molar-refractivity contribution in [2.24, 2.45) is 20.0 Å². The average molecular weight is 1480 g/mol. The lowest BCUT2D eigenvalue weighted by Gasteiger charge is -2.18. The molecule has 0 bridgehead atoms. The molecule has 0 saturated carbocycles. The summed E-state index contributed by atoms with van der Waals surface area (Å²) >= 11 is 0. The van der Waals surface area contributed by atoms with Crippen LogP contribution < -0.4 is 54.0 Å². The van der Waals surface area contributed by atoms with E-state index in [1.54, 1.807) is 0 Å². The molecule has 4 aliphatic heterocycles. The fraction of sp³-hybridized carbons (Fsp3) is 0.111. The Bertz CT molecular complexity index is 5210.